The summed E-state index contributed by atoms with van der Waals surface area (Å²) < 4.78 is 3.73. The van der Waals surface area contributed by atoms with Crippen LogP contribution in [0.15, 0.2) is 35.5 Å². The Hall–Kier alpha value is -2.29. The minimum Gasteiger partial charge on any atom is -0.217 e. The smallest absolute Gasteiger partial charge is 0.210 e. The van der Waals surface area contributed by atoms with Gasteiger partial charge in [-0.1, -0.05) is 42.8 Å². The van der Waals surface area contributed by atoms with Crippen LogP contribution in [0.1, 0.15) is 49.7 Å². The van der Waals surface area contributed by atoms with Gasteiger partial charge in [0, 0.05) is 0 Å². The summed E-state index contributed by atoms with van der Waals surface area (Å²) in [6.07, 6.45) is 4.79. The quantitative estimate of drug-likeness (QED) is 0.659. The molecule has 0 saturated heterocycles. The zero-order valence-electron chi connectivity index (χ0n) is 13.4. The number of nitrogens with zero attached hydrogens (tertiary/aromatic N) is 8. The van der Waals surface area contributed by atoms with E-state index in [0.717, 1.165) is 29.5 Å². The van der Waals surface area contributed by atoms with Crippen LogP contribution in [-0.4, -0.2) is 40.4 Å². The molecule has 9 heteroatoms. The summed E-state index contributed by atoms with van der Waals surface area (Å²) in [6, 6.07) is 10.3. The summed E-state index contributed by atoms with van der Waals surface area (Å²) >= 11 is 1.59. The average molecular weight is 342 g/mol. The second-order valence-electron chi connectivity index (χ2n) is 5.89. The van der Waals surface area contributed by atoms with Gasteiger partial charge in [0.2, 0.25) is 5.16 Å². The Morgan fingerprint density at radius 2 is 1.79 bits per heavy atom. The molecule has 1 saturated carbocycles. The minimum absolute atomic E-state index is 0.0337. The molecule has 24 heavy (non-hydrogen) atoms. The van der Waals surface area contributed by atoms with E-state index in [2.05, 4.69) is 38.0 Å². The summed E-state index contributed by atoms with van der Waals surface area (Å²) in [4.78, 5) is 0. The predicted octanol–water partition coefficient (Wildman–Crippen LogP) is 2.62. The Morgan fingerprint density at radius 3 is 2.58 bits per heavy atom. The van der Waals surface area contributed by atoms with Crippen LogP contribution >= 0.6 is 11.8 Å². The lowest BCUT2D eigenvalue weighted by atomic mass is 10.3. The van der Waals surface area contributed by atoms with Crippen LogP contribution in [0.5, 0.6) is 0 Å². The van der Waals surface area contributed by atoms with Crippen molar-refractivity contribution in [2.75, 3.05) is 0 Å². The molecule has 3 aromatic rings. The van der Waals surface area contributed by atoms with Gasteiger partial charge >= 0.3 is 0 Å². The molecule has 124 valence electrons. The number of aromatic nitrogens is 8. The molecular weight excluding hydrogens is 324 g/mol. The molecule has 0 bridgehead atoms. The van der Waals surface area contributed by atoms with Gasteiger partial charge in [-0.05, 0) is 52.8 Å². The minimum atomic E-state index is 0.0337. The highest BCUT2D eigenvalue weighted by Gasteiger charge is 2.25. The highest BCUT2D eigenvalue weighted by Crippen LogP contribution is 2.36. The van der Waals surface area contributed by atoms with Crippen molar-refractivity contribution in [1.82, 2.24) is 40.4 Å². The summed E-state index contributed by atoms with van der Waals surface area (Å²) in [5, 5.41) is 25.3. The summed E-state index contributed by atoms with van der Waals surface area (Å²) in [5.74, 6) is 0.784. The third kappa shape index (κ3) is 2.91. The Labute approximate surface area is 143 Å². The maximum Gasteiger partial charge on any atom is 0.210 e. The molecule has 0 amide bonds. The molecule has 2 aromatic heterocycles. The van der Waals surface area contributed by atoms with Crippen LogP contribution in [0, 0.1) is 0 Å². The van der Waals surface area contributed by atoms with Gasteiger partial charge in [-0.2, -0.15) is 4.68 Å². The molecule has 1 atom stereocenters. The van der Waals surface area contributed by atoms with E-state index >= 15 is 0 Å². The number of thioether (sulfide) groups is 1. The van der Waals surface area contributed by atoms with Gasteiger partial charge in [0.05, 0.1) is 17.0 Å². The lowest BCUT2D eigenvalue weighted by Crippen LogP contribution is -2.10. The Morgan fingerprint density at radius 1 is 1.04 bits per heavy atom. The van der Waals surface area contributed by atoms with E-state index in [-0.39, 0.29) is 5.25 Å². The molecule has 2 heterocycles. The standard InChI is InChI=1S/C15H18N8S/c1-11(14-16-18-20-22(14)12-7-3-2-4-8-12)24-15-17-19-21-23(15)13-9-5-6-10-13/h2-4,7-8,11,13H,5-6,9-10H2,1H3/t11-/m0/s1. The first-order chi connectivity index (χ1) is 11.8. The molecule has 8 nitrogen and oxygen atoms in total. The van der Waals surface area contributed by atoms with Crippen LogP contribution in [0.3, 0.4) is 0 Å². The van der Waals surface area contributed by atoms with Crippen LogP contribution in [0.2, 0.25) is 0 Å². The largest absolute Gasteiger partial charge is 0.217 e. The van der Waals surface area contributed by atoms with Crippen LogP contribution in [0.25, 0.3) is 5.69 Å². The fourth-order valence-electron chi connectivity index (χ4n) is 3.05. The van der Waals surface area contributed by atoms with Gasteiger partial charge in [-0.15, -0.1) is 10.2 Å². The van der Waals surface area contributed by atoms with E-state index in [9.17, 15) is 0 Å². The van der Waals surface area contributed by atoms with Crippen molar-refractivity contribution in [2.24, 2.45) is 0 Å². The first-order valence-corrected chi connectivity index (χ1v) is 8.99. The van der Waals surface area contributed by atoms with Crippen LogP contribution in [0.4, 0.5) is 0 Å². The van der Waals surface area contributed by atoms with Gasteiger partial charge < -0.3 is 0 Å². The third-order valence-corrected chi connectivity index (χ3v) is 5.32. The second-order valence-corrected chi connectivity index (χ2v) is 7.20. The van der Waals surface area contributed by atoms with E-state index in [4.69, 9.17) is 0 Å². The van der Waals surface area contributed by atoms with Crippen molar-refractivity contribution in [3.8, 4) is 5.69 Å². The number of para-hydroxylation sites is 1. The third-order valence-electron chi connectivity index (χ3n) is 4.27. The molecule has 1 fully saturated rings. The normalized spacial score (nSPS) is 16.5. The van der Waals surface area contributed by atoms with E-state index in [0.29, 0.717) is 6.04 Å². The van der Waals surface area contributed by atoms with Crippen molar-refractivity contribution < 1.29 is 0 Å². The molecule has 0 aliphatic heterocycles. The van der Waals surface area contributed by atoms with Gasteiger partial charge in [0.15, 0.2) is 5.82 Å². The molecule has 1 aliphatic carbocycles. The van der Waals surface area contributed by atoms with Crippen molar-refractivity contribution >= 4 is 11.8 Å². The van der Waals surface area contributed by atoms with Gasteiger partial charge in [0.1, 0.15) is 0 Å². The summed E-state index contributed by atoms with van der Waals surface area (Å²) in [6.45, 7) is 2.07. The summed E-state index contributed by atoms with van der Waals surface area (Å²) in [7, 11) is 0. The average Bonchev–Trinajstić information content (AvgIpc) is 3.36. The van der Waals surface area contributed by atoms with Gasteiger partial charge in [-0.25, -0.2) is 4.68 Å². The molecule has 1 aromatic carbocycles. The molecule has 0 radical (unpaired) electrons. The number of rotatable bonds is 5. The number of tetrazole rings is 2. The topological polar surface area (TPSA) is 87.2 Å². The van der Waals surface area contributed by atoms with E-state index in [1.54, 1.807) is 16.4 Å². The van der Waals surface area contributed by atoms with E-state index in [1.807, 2.05) is 35.0 Å². The molecule has 0 unspecified atom stereocenters. The van der Waals surface area contributed by atoms with Crippen molar-refractivity contribution in [2.45, 2.75) is 49.1 Å². The maximum absolute atomic E-state index is 4.20. The molecule has 1 aliphatic rings. The fraction of sp³-hybridized carbons (Fsp3) is 0.467. The van der Waals surface area contributed by atoms with Crippen LogP contribution in [-0.2, 0) is 0 Å². The fourth-order valence-corrected chi connectivity index (χ4v) is 4.00. The monoisotopic (exact) mass is 342 g/mol. The van der Waals surface area contributed by atoms with E-state index < -0.39 is 0 Å². The highest BCUT2D eigenvalue weighted by atomic mass is 32.2. The van der Waals surface area contributed by atoms with Crippen LogP contribution < -0.4 is 0 Å². The Kier molecular flexibility index (Phi) is 4.24. The lowest BCUT2D eigenvalue weighted by molar-refractivity contribution is 0.422. The second kappa shape index (κ2) is 6.68. The lowest BCUT2D eigenvalue weighted by Gasteiger charge is -2.14. The number of hydrogen-bond donors (Lipinski definition) is 0. The zero-order chi connectivity index (χ0) is 16.4. The predicted molar refractivity (Wildman–Crippen MR) is 88.7 cm³/mol. The molecule has 0 spiro atoms. The number of hydrogen-bond acceptors (Lipinski definition) is 7. The molecular formula is C15H18N8S. The highest BCUT2D eigenvalue weighted by molar-refractivity contribution is 7.99. The first kappa shape index (κ1) is 15.3. The SMILES string of the molecule is C[C@H](Sc1nnnn1C1CCCC1)c1nnnn1-c1ccccc1. The number of benzene rings is 1. The summed E-state index contributed by atoms with van der Waals surface area (Å²) in [5.41, 5.74) is 0.945. The van der Waals surface area contributed by atoms with Crippen molar-refractivity contribution in [3.63, 3.8) is 0 Å². The van der Waals surface area contributed by atoms with Crippen molar-refractivity contribution in [1.29, 1.82) is 0 Å². The molecule has 4 rings (SSSR count). The van der Waals surface area contributed by atoms with Gasteiger partial charge in [-0.3, -0.25) is 0 Å². The zero-order valence-corrected chi connectivity index (χ0v) is 14.2. The maximum atomic E-state index is 4.20. The first-order valence-electron chi connectivity index (χ1n) is 8.11. The van der Waals surface area contributed by atoms with Crippen molar-refractivity contribution in [3.05, 3.63) is 36.2 Å². The Bertz CT molecular complexity index is 793. The van der Waals surface area contributed by atoms with Gasteiger partial charge in [0.25, 0.3) is 0 Å². The molecule has 0 N–H and O–H groups in total. The van der Waals surface area contributed by atoms with E-state index in [1.165, 1.54) is 12.8 Å². The Balaban J connectivity index is 1.57.